The second-order valence-electron chi connectivity index (χ2n) is 3.23. The third-order valence-electron chi connectivity index (χ3n) is 2.65. The maximum atomic E-state index is 9.77. The average Bonchev–Trinajstić information content (AvgIpc) is 2.22. The van der Waals surface area contributed by atoms with Crippen LogP contribution in [-0.2, 0) is 0 Å². The number of hydrogen-bond acceptors (Lipinski definition) is 1. The standard InChI is InChI=1S/C8H12O/c9-8-5-1-3-7(8)4-2-6-8/h1,3,7,9H,2,4-6H2/t7-,8-/m0/s1. The van der Waals surface area contributed by atoms with Crippen molar-refractivity contribution in [3.63, 3.8) is 0 Å². The van der Waals surface area contributed by atoms with Gasteiger partial charge in [0.15, 0.2) is 0 Å². The topological polar surface area (TPSA) is 20.2 Å². The Hall–Kier alpha value is -0.300. The molecule has 0 amide bonds. The summed E-state index contributed by atoms with van der Waals surface area (Å²) in [6.45, 7) is 0. The zero-order valence-electron chi connectivity index (χ0n) is 5.51. The molecule has 0 spiro atoms. The summed E-state index contributed by atoms with van der Waals surface area (Å²) in [7, 11) is 0. The zero-order chi connectivity index (χ0) is 6.32. The lowest BCUT2D eigenvalue weighted by atomic mass is 9.94. The van der Waals surface area contributed by atoms with Gasteiger partial charge in [-0.15, -0.1) is 0 Å². The van der Waals surface area contributed by atoms with Crippen molar-refractivity contribution in [3.05, 3.63) is 12.2 Å². The van der Waals surface area contributed by atoms with Gasteiger partial charge in [-0.2, -0.15) is 0 Å². The van der Waals surface area contributed by atoms with Crippen molar-refractivity contribution in [2.75, 3.05) is 0 Å². The molecule has 50 valence electrons. The molecule has 0 radical (unpaired) electrons. The Morgan fingerprint density at radius 3 is 3.22 bits per heavy atom. The van der Waals surface area contributed by atoms with Crippen molar-refractivity contribution >= 4 is 0 Å². The van der Waals surface area contributed by atoms with Crippen LogP contribution in [0.4, 0.5) is 0 Å². The van der Waals surface area contributed by atoms with Gasteiger partial charge in [-0.1, -0.05) is 12.2 Å². The fourth-order valence-electron chi connectivity index (χ4n) is 2.05. The van der Waals surface area contributed by atoms with E-state index in [9.17, 15) is 5.11 Å². The van der Waals surface area contributed by atoms with Gasteiger partial charge in [-0.05, 0) is 25.7 Å². The van der Waals surface area contributed by atoms with E-state index in [4.69, 9.17) is 0 Å². The summed E-state index contributed by atoms with van der Waals surface area (Å²) in [6.07, 6.45) is 8.62. The Balaban J connectivity index is 2.24. The maximum Gasteiger partial charge on any atom is 0.0744 e. The van der Waals surface area contributed by atoms with Crippen molar-refractivity contribution in [3.8, 4) is 0 Å². The molecule has 0 aromatic heterocycles. The molecule has 1 fully saturated rings. The Bertz CT molecular complexity index is 151. The second kappa shape index (κ2) is 1.60. The second-order valence-corrected chi connectivity index (χ2v) is 3.23. The summed E-state index contributed by atoms with van der Waals surface area (Å²) in [5, 5.41) is 9.77. The summed E-state index contributed by atoms with van der Waals surface area (Å²) in [4.78, 5) is 0. The van der Waals surface area contributed by atoms with Crippen molar-refractivity contribution in [2.45, 2.75) is 31.3 Å². The van der Waals surface area contributed by atoms with Crippen molar-refractivity contribution in [2.24, 2.45) is 5.92 Å². The maximum absolute atomic E-state index is 9.77. The molecular weight excluding hydrogens is 112 g/mol. The first-order chi connectivity index (χ1) is 4.31. The van der Waals surface area contributed by atoms with Crippen LogP contribution in [0.15, 0.2) is 12.2 Å². The van der Waals surface area contributed by atoms with Crippen molar-refractivity contribution in [1.82, 2.24) is 0 Å². The minimum Gasteiger partial charge on any atom is -0.389 e. The highest BCUT2D eigenvalue weighted by Crippen LogP contribution is 2.42. The highest BCUT2D eigenvalue weighted by Gasteiger charge is 2.41. The van der Waals surface area contributed by atoms with Gasteiger partial charge < -0.3 is 5.11 Å². The number of hydrogen-bond donors (Lipinski definition) is 1. The molecule has 2 aliphatic rings. The van der Waals surface area contributed by atoms with E-state index in [1.54, 1.807) is 0 Å². The van der Waals surface area contributed by atoms with Crippen LogP contribution in [0.2, 0.25) is 0 Å². The summed E-state index contributed by atoms with van der Waals surface area (Å²) >= 11 is 0. The van der Waals surface area contributed by atoms with Crippen LogP contribution >= 0.6 is 0 Å². The van der Waals surface area contributed by atoms with E-state index in [0.29, 0.717) is 5.92 Å². The molecule has 0 unspecified atom stereocenters. The molecule has 0 bridgehead atoms. The number of fused-ring (bicyclic) bond motifs is 1. The summed E-state index contributed by atoms with van der Waals surface area (Å²) in [6, 6.07) is 0. The molecule has 2 atom stereocenters. The Labute approximate surface area is 55.4 Å². The quantitative estimate of drug-likeness (QED) is 0.485. The first-order valence-corrected chi connectivity index (χ1v) is 3.70. The van der Waals surface area contributed by atoms with Crippen LogP contribution < -0.4 is 0 Å². The molecule has 9 heavy (non-hydrogen) atoms. The van der Waals surface area contributed by atoms with Crippen molar-refractivity contribution in [1.29, 1.82) is 0 Å². The van der Waals surface area contributed by atoms with Crippen LogP contribution in [-0.4, -0.2) is 10.7 Å². The smallest absolute Gasteiger partial charge is 0.0744 e. The van der Waals surface area contributed by atoms with Gasteiger partial charge in [0, 0.05) is 5.92 Å². The summed E-state index contributed by atoms with van der Waals surface area (Å²) < 4.78 is 0. The van der Waals surface area contributed by atoms with Crippen LogP contribution in [0, 0.1) is 5.92 Å². The number of aliphatic hydroxyl groups is 1. The molecule has 1 nitrogen and oxygen atoms in total. The van der Waals surface area contributed by atoms with Crippen LogP contribution in [0.3, 0.4) is 0 Å². The predicted molar refractivity (Wildman–Crippen MR) is 36.0 cm³/mol. The Morgan fingerprint density at radius 2 is 2.44 bits per heavy atom. The molecule has 0 aromatic rings. The molecule has 0 aliphatic heterocycles. The molecule has 1 saturated carbocycles. The van der Waals surface area contributed by atoms with Crippen LogP contribution in [0.1, 0.15) is 25.7 Å². The minimum atomic E-state index is -0.306. The lowest BCUT2D eigenvalue weighted by Crippen LogP contribution is -2.27. The van der Waals surface area contributed by atoms with Gasteiger partial charge in [0.1, 0.15) is 0 Å². The van der Waals surface area contributed by atoms with Crippen molar-refractivity contribution < 1.29 is 5.11 Å². The minimum absolute atomic E-state index is 0.306. The fraction of sp³-hybridized carbons (Fsp3) is 0.750. The van der Waals surface area contributed by atoms with E-state index >= 15 is 0 Å². The third-order valence-corrected chi connectivity index (χ3v) is 2.65. The van der Waals surface area contributed by atoms with Gasteiger partial charge in [-0.25, -0.2) is 0 Å². The van der Waals surface area contributed by atoms with Gasteiger partial charge in [-0.3, -0.25) is 0 Å². The van der Waals surface area contributed by atoms with Crippen LogP contribution in [0.5, 0.6) is 0 Å². The van der Waals surface area contributed by atoms with E-state index in [1.807, 2.05) is 0 Å². The van der Waals surface area contributed by atoms with Gasteiger partial charge in [0.25, 0.3) is 0 Å². The fourth-order valence-corrected chi connectivity index (χ4v) is 2.05. The lowest BCUT2D eigenvalue weighted by Gasteiger charge is -2.21. The van der Waals surface area contributed by atoms with Gasteiger partial charge in [0.2, 0.25) is 0 Å². The van der Waals surface area contributed by atoms with E-state index in [1.165, 1.54) is 12.8 Å². The average molecular weight is 124 g/mol. The van der Waals surface area contributed by atoms with Gasteiger partial charge in [0.05, 0.1) is 5.60 Å². The van der Waals surface area contributed by atoms with E-state index in [0.717, 1.165) is 12.8 Å². The van der Waals surface area contributed by atoms with E-state index in [-0.39, 0.29) is 5.60 Å². The molecule has 2 aliphatic carbocycles. The Kier molecular flexibility index (Phi) is 0.974. The SMILES string of the molecule is O[C@]12CC=C[C@H]1CCC2. The van der Waals surface area contributed by atoms with E-state index < -0.39 is 0 Å². The normalized spacial score (nSPS) is 47.9. The Morgan fingerprint density at radius 1 is 1.56 bits per heavy atom. The first-order valence-electron chi connectivity index (χ1n) is 3.70. The van der Waals surface area contributed by atoms with Gasteiger partial charge >= 0.3 is 0 Å². The number of rotatable bonds is 0. The molecule has 1 heteroatoms. The largest absolute Gasteiger partial charge is 0.389 e. The zero-order valence-corrected chi connectivity index (χ0v) is 5.51. The lowest BCUT2D eigenvalue weighted by molar-refractivity contribution is 0.0315. The van der Waals surface area contributed by atoms with Crippen LogP contribution in [0.25, 0.3) is 0 Å². The third kappa shape index (κ3) is 0.645. The summed E-state index contributed by atoms with van der Waals surface area (Å²) in [5.41, 5.74) is -0.306. The first kappa shape index (κ1) is 5.48. The monoisotopic (exact) mass is 124 g/mol. The van der Waals surface area contributed by atoms with E-state index in [2.05, 4.69) is 12.2 Å². The highest BCUT2D eigenvalue weighted by atomic mass is 16.3. The molecule has 0 saturated heterocycles. The molecule has 0 aromatic carbocycles. The molecular formula is C8H12O. The molecule has 0 heterocycles. The summed E-state index contributed by atoms with van der Waals surface area (Å²) in [5.74, 6) is 0.498. The molecule has 1 N–H and O–H groups in total. The predicted octanol–water partition coefficient (Wildman–Crippen LogP) is 1.48. The molecule has 2 rings (SSSR count). The highest BCUT2D eigenvalue weighted by molar-refractivity contribution is 5.12.